The first-order valence-electron chi connectivity index (χ1n) is 5.30. The summed E-state index contributed by atoms with van der Waals surface area (Å²) in [5.41, 5.74) is 0.0624. The van der Waals surface area contributed by atoms with Crippen LogP contribution in [0.5, 0.6) is 5.88 Å². The highest BCUT2D eigenvalue weighted by atomic mass is 35.5. The first kappa shape index (κ1) is 12.1. The molecule has 0 spiro atoms. The van der Waals surface area contributed by atoms with Gasteiger partial charge in [0.1, 0.15) is 11.8 Å². The van der Waals surface area contributed by atoms with Crippen molar-refractivity contribution in [3.63, 3.8) is 0 Å². The van der Waals surface area contributed by atoms with Gasteiger partial charge in [-0.05, 0) is 18.9 Å². The van der Waals surface area contributed by atoms with E-state index >= 15 is 0 Å². The quantitative estimate of drug-likeness (QED) is 0.836. The lowest BCUT2D eigenvalue weighted by atomic mass is 10.2. The molecule has 1 unspecified atom stereocenters. The summed E-state index contributed by atoms with van der Waals surface area (Å²) in [5, 5.41) is 8.95. The van der Waals surface area contributed by atoms with Crippen molar-refractivity contribution in [1.82, 2.24) is 4.98 Å². The summed E-state index contributed by atoms with van der Waals surface area (Å²) < 4.78 is 10.8. The average molecular weight is 258 g/mol. The topological polar surface area (TPSA) is 68.7 Å². The third-order valence-electron chi connectivity index (χ3n) is 2.46. The van der Waals surface area contributed by atoms with E-state index in [0.29, 0.717) is 6.61 Å². The summed E-state index contributed by atoms with van der Waals surface area (Å²) in [6, 6.07) is 2.63. The Morgan fingerprint density at radius 2 is 2.47 bits per heavy atom. The Hall–Kier alpha value is -1.33. The fourth-order valence-corrected chi connectivity index (χ4v) is 1.83. The van der Waals surface area contributed by atoms with E-state index in [1.165, 1.54) is 12.1 Å². The lowest BCUT2D eigenvalue weighted by Crippen LogP contribution is -2.17. The highest BCUT2D eigenvalue weighted by Gasteiger charge is 2.17. The zero-order valence-electron chi connectivity index (χ0n) is 9.06. The average Bonchev–Trinajstić information content (AvgIpc) is 2.78. The Balaban J connectivity index is 2.01. The second-order valence-corrected chi connectivity index (χ2v) is 4.16. The number of hydrogen-bond acceptors (Lipinski definition) is 4. The number of aromatic nitrogens is 1. The highest BCUT2D eigenvalue weighted by Crippen LogP contribution is 2.18. The van der Waals surface area contributed by atoms with Gasteiger partial charge in [0.05, 0.1) is 11.7 Å². The van der Waals surface area contributed by atoms with E-state index in [4.69, 9.17) is 26.2 Å². The largest absolute Gasteiger partial charge is 0.478 e. The van der Waals surface area contributed by atoms with Gasteiger partial charge in [0.2, 0.25) is 5.88 Å². The van der Waals surface area contributed by atoms with Crippen molar-refractivity contribution < 1.29 is 19.4 Å². The van der Waals surface area contributed by atoms with Crippen LogP contribution in [-0.4, -0.2) is 35.4 Å². The van der Waals surface area contributed by atoms with Crippen LogP contribution in [-0.2, 0) is 4.74 Å². The molecule has 1 aromatic rings. The first-order chi connectivity index (χ1) is 8.15. The summed E-state index contributed by atoms with van der Waals surface area (Å²) in [6.07, 6.45) is 2.04. The molecule has 1 aromatic heterocycles. The minimum absolute atomic E-state index is 0.0593. The fraction of sp³-hybridized carbons (Fsp3) is 0.455. The summed E-state index contributed by atoms with van der Waals surface area (Å²) in [4.78, 5) is 14.7. The van der Waals surface area contributed by atoms with Crippen LogP contribution in [0.4, 0.5) is 0 Å². The molecule has 2 rings (SSSR count). The maximum Gasteiger partial charge on any atom is 0.335 e. The molecule has 6 heteroatoms. The number of halogens is 1. The van der Waals surface area contributed by atoms with Crippen molar-refractivity contribution in [2.24, 2.45) is 0 Å². The number of rotatable bonds is 4. The van der Waals surface area contributed by atoms with E-state index in [1.807, 2.05) is 0 Å². The summed E-state index contributed by atoms with van der Waals surface area (Å²) >= 11 is 5.70. The Kier molecular flexibility index (Phi) is 3.81. The van der Waals surface area contributed by atoms with Crippen LogP contribution in [0.15, 0.2) is 12.1 Å². The van der Waals surface area contributed by atoms with Crippen LogP contribution in [0.1, 0.15) is 23.2 Å². The maximum atomic E-state index is 10.8. The van der Waals surface area contributed by atoms with E-state index in [-0.39, 0.29) is 22.7 Å². The third-order valence-corrected chi connectivity index (χ3v) is 2.65. The predicted molar refractivity (Wildman–Crippen MR) is 60.7 cm³/mol. The third kappa shape index (κ3) is 3.31. The molecule has 0 amide bonds. The molecule has 1 aliphatic rings. The van der Waals surface area contributed by atoms with Gasteiger partial charge < -0.3 is 14.6 Å². The monoisotopic (exact) mass is 257 g/mol. The second kappa shape index (κ2) is 5.33. The van der Waals surface area contributed by atoms with Crippen LogP contribution in [0.25, 0.3) is 0 Å². The van der Waals surface area contributed by atoms with Gasteiger partial charge in [-0.2, -0.15) is 0 Å². The molecule has 92 valence electrons. The van der Waals surface area contributed by atoms with Crippen molar-refractivity contribution >= 4 is 17.6 Å². The zero-order chi connectivity index (χ0) is 12.3. The molecule has 1 fully saturated rings. The fourth-order valence-electron chi connectivity index (χ4n) is 1.62. The lowest BCUT2D eigenvalue weighted by molar-refractivity contribution is 0.0657. The Morgan fingerprint density at radius 3 is 3.12 bits per heavy atom. The van der Waals surface area contributed by atoms with Crippen LogP contribution in [0.3, 0.4) is 0 Å². The van der Waals surface area contributed by atoms with Crippen molar-refractivity contribution in [2.45, 2.75) is 18.9 Å². The molecule has 0 bridgehead atoms. The van der Waals surface area contributed by atoms with E-state index in [2.05, 4.69) is 4.98 Å². The van der Waals surface area contributed by atoms with Gasteiger partial charge >= 0.3 is 5.97 Å². The standard InChI is InChI=1S/C11H12ClNO4/c12-9-4-7(11(14)15)5-10(13-9)17-6-8-2-1-3-16-8/h4-5,8H,1-3,6H2,(H,14,15). The van der Waals surface area contributed by atoms with Crippen molar-refractivity contribution in [3.05, 3.63) is 22.8 Å². The van der Waals surface area contributed by atoms with Gasteiger partial charge in [-0.15, -0.1) is 0 Å². The second-order valence-electron chi connectivity index (χ2n) is 3.77. The molecular formula is C11H12ClNO4. The van der Waals surface area contributed by atoms with Gasteiger partial charge in [0, 0.05) is 12.7 Å². The number of carbonyl (C=O) groups is 1. The molecule has 1 saturated heterocycles. The van der Waals surface area contributed by atoms with Gasteiger partial charge in [-0.1, -0.05) is 11.6 Å². The van der Waals surface area contributed by atoms with Crippen LogP contribution < -0.4 is 4.74 Å². The highest BCUT2D eigenvalue weighted by molar-refractivity contribution is 6.29. The molecule has 0 radical (unpaired) electrons. The number of carboxylic acid groups (broad SMARTS) is 1. The van der Waals surface area contributed by atoms with Crippen LogP contribution >= 0.6 is 11.6 Å². The number of ether oxygens (including phenoxy) is 2. The summed E-state index contributed by atoms with van der Waals surface area (Å²) in [7, 11) is 0. The minimum atomic E-state index is -1.06. The van der Waals surface area contributed by atoms with E-state index in [0.717, 1.165) is 19.4 Å². The van der Waals surface area contributed by atoms with Crippen molar-refractivity contribution in [1.29, 1.82) is 0 Å². The van der Waals surface area contributed by atoms with E-state index in [1.54, 1.807) is 0 Å². The van der Waals surface area contributed by atoms with Gasteiger partial charge in [-0.3, -0.25) is 0 Å². The van der Waals surface area contributed by atoms with Gasteiger partial charge in [0.15, 0.2) is 0 Å². The predicted octanol–water partition coefficient (Wildman–Crippen LogP) is 1.99. The Morgan fingerprint density at radius 1 is 1.65 bits per heavy atom. The number of aromatic carboxylic acids is 1. The molecular weight excluding hydrogens is 246 g/mol. The lowest BCUT2D eigenvalue weighted by Gasteiger charge is -2.11. The molecule has 0 aromatic carbocycles. The van der Waals surface area contributed by atoms with Gasteiger partial charge in [0.25, 0.3) is 0 Å². The molecule has 5 nitrogen and oxygen atoms in total. The summed E-state index contributed by atoms with van der Waals surface area (Å²) in [5.74, 6) is -0.846. The van der Waals surface area contributed by atoms with Crippen molar-refractivity contribution in [3.8, 4) is 5.88 Å². The normalized spacial score (nSPS) is 19.2. The SMILES string of the molecule is O=C(O)c1cc(Cl)nc(OCC2CCCO2)c1. The number of nitrogens with zero attached hydrogens (tertiary/aromatic N) is 1. The van der Waals surface area contributed by atoms with E-state index < -0.39 is 5.97 Å². The van der Waals surface area contributed by atoms with Crippen LogP contribution in [0, 0.1) is 0 Å². The smallest absolute Gasteiger partial charge is 0.335 e. The Bertz CT molecular complexity index is 418. The molecule has 0 saturated carbocycles. The minimum Gasteiger partial charge on any atom is -0.478 e. The van der Waals surface area contributed by atoms with Crippen molar-refractivity contribution in [2.75, 3.05) is 13.2 Å². The Labute approximate surface area is 103 Å². The maximum absolute atomic E-state index is 10.8. The molecule has 0 aliphatic carbocycles. The first-order valence-corrected chi connectivity index (χ1v) is 5.68. The molecule has 1 aliphatic heterocycles. The van der Waals surface area contributed by atoms with Gasteiger partial charge in [-0.25, -0.2) is 9.78 Å². The number of hydrogen-bond donors (Lipinski definition) is 1. The molecule has 17 heavy (non-hydrogen) atoms. The van der Waals surface area contributed by atoms with E-state index in [9.17, 15) is 4.79 Å². The molecule has 1 N–H and O–H groups in total. The summed E-state index contributed by atoms with van der Waals surface area (Å²) in [6.45, 7) is 1.11. The number of carboxylic acids is 1. The molecule has 1 atom stereocenters. The van der Waals surface area contributed by atoms with Crippen LogP contribution in [0.2, 0.25) is 5.15 Å². The number of pyridine rings is 1. The molecule has 2 heterocycles. The zero-order valence-corrected chi connectivity index (χ0v) is 9.81.